The molecule has 182 valence electrons. The molecule has 0 aliphatic heterocycles. The minimum atomic E-state index is -0.337. The molecule has 36 heavy (non-hydrogen) atoms. The van der Waals surface area contributed by atoms with E-state index in [2.05, 4.69) is 53.7 Å². The van der Waals surface area contributed by atoms with Crippen molar-refractivity contribution in [1.82, 2.24) is 15.2 Å². The Morgan fingerprint density at radius 3 is 2.25 bits per heavy atom. The van der Waals surface area contributed by atoms with Crippen molar-refractivity contribution >= 4 is 28.5 Å². The number of rotatable bonds is 5. The minimum absolute atomic E-state index is 0.0232. The fourth-order valence-corrected chi connectivity index (χ4v) is 3.87. The first-order valence-corrected chi connectivity index (χ1v) is 11.6. The molecule has 0 fully saturated rings. The number of nitrogens with zero attached hydrogens (tertiary/aromatic N) is 2. The van der Waals surface area contributed by atoms with Crippen molar-refractivity contribution < 1.29 is 13.9 Å². The SMILES string of the molecule is COc1ccc(NC(=O)Nc2ccc(-c3[nH]ncc3-c3nc4cc(C(C)(C)C)ccc4o3)cc2)cc1. The lowest BCUT2D eigenvalue weighted by Crippen LogP contribution is -2.19. The summed E-state index contributed by atoms with van der Waals surface area (Å²) in [5.41, 5.74) is 6.52. The van der Waals surface area contributed by atoms with Crippen molar-refractivity contribution in [2.75, 3.05) is 17.7 Å². The van der Waals surface area contributed by atoms with Crippen LogP contribution >= 0.6 is 0 Å². The number of hydrogen-bond acceptors (Lipinski definition) is 5. The number of nitrogens with one attached hydrogen (secondary N) is 3. The molecule has 0 atom stereocenters. The van der Waals surface area contributed by atoms with Crippen molar-refractivity contribution in [3.63, 3.8) is 0 Å². The highest BCUT2D eigenvalue weighted by atomic mass is 16.5. The number of amides is 2. The van der Waals surface area contributed by atoms with Crippen LogP contribution in [0.4, 0.5) is 16.2 Å². The third-order valence-corrected chi connectivity index (χ3v) is 5.90. The Balaban J connectivity index is 1.32. The first kappa shape index (κ1) is 23.2. The van der Waals surface area contributed by atoms with Gasteiger partial charge in [-0.1, -0.05) is 39.0 Å². The molecule has 0 aliphatic rings. The molecule has 0 aliphatic carbocycles. The number of oxazole rings is 1. The van der Waals surface area contributed by atoms with Gasteiger partial charge in [0.1, 0.15) is 11.3 Å². The average molecular weight is 482 g/mol. The van der Waals surface area contributed by atoms with Crippen LogP contribution in [0.5, 0.6) is 5.75 Å². The summed E-state index contributed by atoms with van der Waals surface area (Å²) in [5, 5.41) is 12.9. The fourth-order valence-electron chi connectivity index (χ4n) is 3.87. The Bertz CT molecular complexity index is 1510. The summed E-state index contributed by atoms with van der Waals surface area (Å²) in [5.74, 6) is 1.23. The molecule has 2 aromatic heterocycles. The van der Waals surface area contributed by atoms with E-state index in [0.29, 0.717) is 17.3 Å². The van der Waals surface area contributed by atoms with Crippen molar-refractivity contribution in [2.24, 2.45) is 0 Å². The molecule has 0 bridgehead atoms. The Kier molecular flexibility index (Phi) is 5.93. The average Bonchev–Trinajstić information content (AvgIpc) is 3.51. The molecule has 0 unspecified atom stereocenters. The number of aromatic nitrogens is 3. The van der Waals surface area contributed by atoms with Gasteiger partial charge in [0.25, 0.3) is 0 Å². The van der Waals surface area contributed by atoms with Crippen LogP contribution in [0.15, 0.2) is 77.3 Å². The molecule has 3 N–H and O–H groups in total. The number of carbonyl (C=O) groups excluding carboxylic acids is 1. The molecule has 0 saturated heterocycles. The lowest BCUT2D eigenvalue weighted by atomic mass is 9.87. The van der Waals surface area contributed by atoms with E-state index >= 15 is 0 Å². The number of benzene rings is 3. The number of H-pyrrole nitrogens is 1. The zero-order chi connectivity index (χ0) is 25.3. The van der Waals surface area contributed by atoms with E-state index in [0.717, 1.165) is 33.7 Å². The fraction of sp³-hybridized carbons (Fsp3) is 0.179. The molecule has 3 aromatic carbocycles. The Morgan fingerprint density at radius 2 is 1.61 bits per heavy atom. The zero-order valence-electron chi connectivity index (χ0n) is 20.5. The molecule has 8 nitrogen and oxygen atoms in total. The highest BCUT2D eigenvalue weighted by molar-refractivity contribution is 6.00. The number of anilines is 2. The summed E-state index contributed by atoms with van der Waals surface area (Å²) in [7, 11) is 1.60. The van der Waals surface area contributed by atoms with Crippen LogP contribution in [0, 0.1) is 0 Å². The van der Waals surface area contributed by atoms with Gasteiger partial charge in [0, 0.05) is 16.9 Å². The topological polar surface area (TPSA) is 105 Å². The number of methoxy groups -OCH3 is 1. The number of hydrogen-bond donors (Lipinski definition) is 3. The van der Waals surface area contributed by atoms with Crippen LogP contribution in [0.25, 0.3) is 33.8 Å². The van der Waals surface area contributed by atoms with Gasteiger partial charge in [-0.25, -0.2) is 9.78 Å². The van der Waals surface area contributed by atoms with Crippen molar-refractivity contribution in [3.8, 4) is 28.5 Å². The van der Waals surface area contributed by atoms with Gasteiger partial charge in [0.15, 0.2) is 5.58 Å². The maximum absolute atomic E-state index is 12.4. The van der Waals surface area contributed by atoms with Gasteiger partial charge in [-0.15, -0.1) is 0 Å². The summed E-state index contributed by atoms with van der Waals surface area (Å²) >= 11 is 0. The normalized spacial score (nSPS) is 11.4. The summed E-state index contributed by atoms with van der Waals surface area (Å²) in [4.78, 5) is 17.1. The van der Waals surface area contributed by atoms with Gasteiger partial charge in [-0.05, 0) is 59.5 Å². The van der Waals surface area contributed by atoms with Gasteiger partial charge in [0.2, 0.25) is 5.89 Å². The summed E-state index contributed by atoms with van der Waals surface area (Å²) in [6, 6.07) is 20.4. The van der Waals surface area contributed by atoms with E-state index in [1.165, 1.54) is 5.56 Å². The van der Waals surface area contributed by atoms with Crippen molar-refractivity contribution in [1.29, 1.82) is 0 Å². The number of carbonyl (C=O) groups is 1. The molecule has 8 heteroatoms. The van der Waals surface area contributed by atoms with Gasteiger partial charge >= 0.3 is 6.03 Å². The zero-order valence-corrected chi connectivity index (χ0v) is 20.5. The third kappa shape index (κ3) is 4.79. The number of fused-ring (bicyclic) bond motifs is 1. The van der Waals surface area contributed by atoms with Crippen molar-refractivity contribution in [2.45, 2.75) is 26.2 Å². The number of aromatic amines is 1. The van der Waals surface area contributed by atoms with Crippen LogP contribution in [0.2, 0.25) is 0 Å². The van der Waals surface area contributed by atoms with Gasteiger partial charge in [-0.3, -0.25) is 5.10 Å². The lowest BCUT2D eigenvalue weighted by molar-refractivity contribution is 0.262. The smallest absolute Gasteiger partial charge is 0.323 e. The molecule has 2 heterocycles. The van der Waals surface area contributed by atoms with E-state index in [-0.39, 0.29) is 11.4 Å². The van der Waals surface area contributed by atoms with Gasteiger partial charge < -0.3 is 19.8 Å². The summed E-state index contributed by atoms with van der Waals surface area (Å²) in [6.45, 7) is 6.51. The number of urea groups is 1. The first-order chi connectivity index (χ1) is 17.3. The molecule has 5 aromatic rings. The second kappa shape index (κ2) is 9.22. The predicted octanol–water partition coefficient (Wildman–Crippen LogP) is 6.84. The monoisotopic (exact) mass is 481 g/mol. The number of ether oxygens (including phenoxy) is 1. The third-order valence-electron chi connectivity index (χ3n) is 5.90. The molecule has 5 rings (SSSR count). The summed E-state index contributed by atoms with van der Waals surface area (Å²) in [6.07, 6.45) is 1.71. The highest BCUT2D eigenvalue weighted by Crippen LogP contribution is 2.33. The van der Waals surface area contributed by atoms with Crippen LogP contribution in [0.3, 0.4) is 0 Å². The van der Waals surface area contributed by atoms with Crippen LogP contribution in [-0.4, -0.2) is 28.3 Å². The van der Waals surface area contributed by atoms with Gasteiger partial charge in [-0.2, -0.15) is 5.10 Å². The molecular weight excluding hydrogens is 454 g/mol. The van der Waals surface area contributed by atoms with Crippen molar-refractivity contribution in [3.05, 3.63) is 78.5 Å². The molecule has 0 saturated carbocycles. The molecule has 0 radical (unpaired) electrons. The van der Waals surface area contributed by atoms with Crippen LogP contribution < -0.4 is 15.4 Å². The quantitative estimate of drug-likeness (QED) is 0.255. The molecular formula is C28H27N5O3. The lowest BCUT2D eigenvalue weighted by Gasteiger charge is -2.18. The Hall–Kier alpha value is -4.59. The largest absolute Gasteiger partial charge is 0.497 e. The van der Waals surface area contributed by atoms with Gasteiger partial charge in [0.05, 0.1) is 24.6 Å². The Labute approximate surface area is 208 Å². The molecule has 0 spiro atoms. The second-order valence-electron chi connectivity index (χ2n) is 9.50. The second-order valence-corrected chi connectivity index (χ2v) is 9.50. The predicted molar refractivity (Wildman–Crippen MR) is 141 cm³/mol. The Morgan fingerprint density at radius 1 is 0.944 bits per heavy atom. The first-order valence-electron chi connectivity index (χ1n) is 11.6. The van der Waals surface area contributed by atoms with Crippen LogP contribution in [-0.2, 0) is 5.41 Å². The minimum Gasteiger partial charge on any atom is -0.497 e. The van der Waals surface area contributed by atoms with E-state index < -0.39 is 0 Å². The van der Waals surface area contributed by atoms with Crippen LogP contribution in [0.1, 0.15) is 26.3 Å². The van der Waals surface area contributed by atoms with E-state index in [1.54, 1.807) is 37.6 Å². The highest BCUT2D eigenvalue weighted by Gasteiger charge is 2.19. The van der Waals surface area contributed by atoms with E-state index in [1.807, 2.05) is 30.3 Å². The summed E-state index contributed by atoms with van der Waals surface area (Å²) < 4.78 is 11.2. The maximum Gasteiger partial charge on any atom is 0.323 e. The van der Waals surface area contributed by atoms with E-state index in [9.17, 15) is 4.79 Å². The molecule has 2 amide bonds. The van der Waals surface area contributed by atoms with E-state index in [4.69, 9.17) is 14.1 Å². The maximum atomic E-state index is 12.4. The standard InChI is InChI=1S/C28H27N5O3/c1-28(2,3)18-7-14-24-23(15-18)32-26(36-24)22-16-29-33-25(22)17-5-8-19(9-6-17)30-27(34)31-20-10-12-21(35-4)13-11-20/h5-16H,1-4H3,(H,29,33)(H2,30,31,34).